The Morgan fingerprint density at radius 2 is 2.38 bits per heavy atom. The molecule has 0 saturated heterocycles. The third-order valence-corrected chi connectivity index (χ3v) is 3.13. The van der Waals surface area contributed by atoms with Gasteiger partial charge in [-0.1, -0.05) is 6.82 Å². The Labute approximate surface area is 73.1 Å². The lowest BCUT2D eigenvalue weighted by molar-refractivity contribution is 1.31. The molecule has 45 valence electrons. The van der Waals surface area contributed by atoms with Gasteiger partial charge in [0.1, 0.15) is 0 Å². The average molecular weight is 258 g/mol. The third-order valence-electron chi connectivity index (χ3n) is 0.375. The van der Waals surface area contributed by atoms with Crippen molar-refractivity contribution in [3.05, 3.63) is 0 Å². The molecule has 0 aliphatic rings. The van der Waals surface area contributed by atoms with E-state index in [0.29, 0.717) is 4.46 Å². The van der Waals surface area contributed by atoms with E-state index < -0.39 is 0 Å². The maximum Gasteiger partial charge on any atom is 0.190 e. The molecular weight excluding hydrogens is 251 g/mol. The monoisotopic (exact) mass is 258 g/mol. The van der Waals surface area contributed by atoms with Crippen LogP contribution in [0.15, 0.2) is 0 Å². The van der Waals surface area contributed by atoms with Crippen LogP contribution in [0.5, 0.6) is 0 Å². The Hall–Kier alpha value is 1.52. The first-order chi connectivity index (χ1) is 3.77. The van der Waals surface area contributed by atoms with Gasteiger partial charge >= 0.3 is 0 Å². The van der Waals surface area contributed by atoms with Gasteiger partial charge in [0.2, 0.25) is 0 Å². The SMILES string of the molecule is CNSS[B]B(C)I. The highest BCUT2D eigenvalue weighted by molar-refractivity contribution is 14.1. The molecule has 0 saturated carbocycles. The Kier molecular flexibility index (Phi) is 7.90. The van der Waals surface area contributed by atoms with Gasteiger partial charge in [0.25, 0.3) is 0 Å². The highest BCUT2D eigenvalue weighted by atomic mass is 127. The van der Waals surface area contributed by atoms with Crippen LogP contribution in [-0.4, -0.2) is 18.0 Å². The van der Waals surface area contributed by atoms with Crippen molar-refractivity contribution in [2.24, 2.45) is 0 Å². The first-order valence-corrected chi connectivity index (χ1v) is 5.69. The second-order valence-electron chi connectivity index (χ2n) is 1.20. The first kappa shape index (κ1) is 9.52. The number of hydrogen-bond acceptors (Lipinski definition) is 3. The molecule has 0 amide bonds. The summed E-state index contributed by atoms with van der Waals surface area (Å²) in [6.45, 7) is 2.16. The summed E-state index contributed by atoms with van der Waals surface area (Å²) in [7, 11) is 5.30. The van der Waals surface area contributed by atoms with Crippen molar-refractivity contribution in [2.75, 3.05) is 7.05 Å². The van der Waals surface area contributed by atoms with E-state index in [-0.39, 0.29) is 0 Å². The minimum Gasteiger partial charge on any atom is -0.259 e. The molecule has 1 nitrogen and oxygen atoms in total. The molecule has 8 heavy (non-hydrogen) atoms. The second kappa shape index (κ2) is 6.64. The van der Waals surface area contributed by atoms with E-state index in [1.807, 2.05) is 7.05 Å². The van der Waals surface area contributed by atoms with E-state index in [2.05, 4.69) is 40.4 Å². The van der Waals surface area contributed by atoms with Crippen LogP contribution in [0.3, 0.4) is 0 Å². The zero-order valence-corrected chi connectivity index (χ0v) is 8.64. The molecule has 0 rings (SSSR count). The van der Waals surface area contributed by atoms with Crippen LogP contribution in [0.2, 0.25) is 6.82 Å². The zero-order chi connectivity index (χ0) is 6.41. The van der Waals surface area contributed by atoms with Crippen LogP contribution >= 0.6 is 44.0 Å². The number of halogens is 1. The van der Waals surface area contributed by atoms with Gasteiger partial charge in [-0.05, 0) is 18.0 Å². The molecule has 0 aromatic heterocycles. The maximum absolute atomic E-state index is 2.97. The number of hydrogen-bond donors (Lipinski definition) is 1. The van der Waals surface area contributed by atoms with Crippen LogP contribution < -0.4 is 4.72 Å². The normalized spacial score (nSPS) is 8.88. The minimum absolute atomic E-state index is 0.651. The Balaban J connectivity index is 2.72. The van der Waals surface area contributed by atoms with Crippen LogP contribution in [0.4, 0.5) is 0 Å². The van der Waals surface area contributed by atoms with E-state index in [1.165, 1.54) is 0 Å². The van der Waals surface area contributed by atoms with Gasteiger partial charge in [0.05, 0.1) is 0 Å². The van der Waals surface area contributed by atoms with Crippen molar-refractivity contribution in [1.29, 1.82) is 0 Å². The van der Waals surface area contributed by atoms with Crippen molar-refractivity contribution in [3.8, 4) is 0 Å². The molecule has 0 heterocycles. The maximum atomic E-state index is 2.97. The summed E-state index contributed by atoms with van der Waals surface area (Å²) < 4.78 is 3.62. The molecule has 0 bridgehead atoms. The third kappa shape index (κ3) is 7.52. The topological polar surface area (TPSA) is 12.0 Å². The van der Waals surface area contributed by atoms with Crippen molar-refractivity contribution in [2.45, 2.75) is 6.82 Å². The predicted molar refractivity (Wildman–Crippen MR) is 55.6 cm³/mol. The van der Waals surface area contributed by atoms with Gasteiger partial charge in [-0.15, -0.1) is 10.6 Å². The smallest absolute Gasteiger partial charge is 0.190 e. The summed E-state index contributed by atoms with van der Waals surface area (Å²) in [5.74, 6) is 0. The molecule has 1 radical (unpaired) electrons. The Morgan fingerprint density at radius 1 is 1.75 bits per heavy atom. The fourth-order valence-electron chi connectivity index (χ4n) is 0.152. The van der Waals surface area contributed by atoms with E-state index in [1.54, 1.807) is 21.6 Å². The van der Waals surface area contributed by atoms with Gasteiger partial charge in [-0.25, -0.2) is 0 Å². The van der Waals surface area contributed by atoms with Gasteiger partial charge in [0, 0.05) is 0 Å². The number of nitrogens with one attached hydrogen (secondary N) is 1. The summed E-state index contributed by atoms with van der Waals surface area (Å²) in [6, 6.07) is 0. The molecule has 0 aliphatic heterocycles. The molecule has 0 aromatic carbocycles. The van der Waals surface area contributed by atoms with Crippen molar-refractivity contribution >= 4 is 54.9 Å². The lowest BCUT2D eigenvalue weighted by Gasteiger charge is -1.94. The van der Waals surface area contributed by atoms with Crippen LogP contribution in [-0.2, 0) is 0 Å². The van der Waals surface area contributed by atoms with Gasteiger partial charge < -0.3 is 0 Å². The molecule has 0 atom stereocenters. The number of rotatable bonds is 4. The zero-order valence-electron chi connectivity index (χ0n) is 4.85. The van der Waals surface area contributed by atoms with Crippen LogP contribution in [0.25, 0.3) is 0 Å². The fourth-order valence-corrected chi connectivity index (χ4v) is 2.45. The molecular formula is C2H7B2INS2. The standard InChI is InChI=1S/C2H7B2INS2/c1-4(5)3-7-8-6-2/h6H,1-2H3. The van der Waals surface area contributed by atoms with E-state index in [9.17, 15) is 0 Å². The molecule has 0 spiro atoms. The molecule has 0 fully saturated rings. The van der Waals surface area contributed by atoms with Crippen LogP contribution in [0.1, 0.15) is 0 Å². The Morgan fingerprint density at radius 3 is 2.75 bits per heavy atom. The van der Waals surface area contributed by atoms with Crippen molar-refractivity contribution in [1.82, 2.24) is 4.72 Å². The van der Waals surface area contributed by atoms with Gasteiger partial charge in [-0.2, -0.15) is 22.4 Å². The summed E-state index contributed by atoms with van der Waals surface area (Å²) in [6.07, 6.45) is 2.18. The predicted octanol–water partition coefficient (Wildman–Crippen LogP) is 1.67. The summed E-state index contributed by atoms with van der Waals surface area (Å²) >= 11 is 2.36. The second-order valence-corrected chi connectivity index (χ2v) is 5.28. The van der Waals surface area contributed by atoms with E-state index in [4.69, 9.17) is 0 Å². The van der Waals surface area contributed by atoms with E-state index >= 15 is 0 Å². The molecule has 6 heteroatoms. The molecule has 0 aliphatic carbocycles. The lowest BCUT2D eigenvalue weighted by Crippen LogP contribution is -2.04. The first-order valence-electron chi connectivity index (χ1n) is 2.24. The van der Waals surface area contributed by atoms with Gasteiger partial charge in [-0.3, -0.25) is 4.72 Å². The van der Waals surface area contributed by atoms with Gasteiger partial charge in [0.15, 0.2) is 10.9 Å². The van der Waals surface area contributed by atoms with Crippen molar-refractivity contribution < 1.29 is 0 Å². The molecule has 0 unspecified atom stereocenters. The lowest BCUT2D eigenvalue weighted by atomic mass is 9.56. The van der Waals surface area contributed by atoms with Crippen molar-refractivity contribution in [3.63, 3.8) is 0 Å². The largest absolute Gasteiger partial charge is 0.259 e. The highest BCUT2D eigenvalue weighted by Crippen LogP contribution is 2.15. The fraction of sp³-hybridized carbons (Fsp3) is 1.00. The van der Waals surface area contributed by atoms with Crippen LogP contribution in [0, 0.1) is 0 Å². The average Bonchev–Trinajstić information content (AvgIpc) is 1.66. The highest BCUT2D eigenvalue weighted by Gasteiger charge is 2.01. The summed E-state index contributed by atoms with van der Waals surface area (Å²) in [5, 5.41) is 0. The van der Waals surface area contributed by atoms with E-state index in [0.717, 1.165) is 0 Å². The quantitative estimate of drug-likeness (QED) is 0.271. The summed E-state index contributed by atoms with van der Waals surface area (Å²) in [4.78, 5) is 0. The molecule has 1 N–H and O–H groups in total. The minimum atomic E-state index is 0.651. The Bertz CT molecular complexity index is 55.3. The molecule has 0 aromatic rings. The summed E-state index contributed by atoms with van der Waals surface area (Å²) in [5.41, 5.74) is 0.